The quantitative estimate of drug-likeness (QED) is 0.409. The van der Waals surface area contributed by atoms with E-state index in [-0.39, 0.29) is 6.09 Å². The van der Waals surface area contributed by atoms with Crippen molar-refractivity contribution in [3.05, 3.63) is 0 Å². The van der Waals surface area contributed by atoms with Crippen molar-refractivity contribution < 1.29 is 9.53 Å². The van der Waals surface area contributed by atoms with Crippen LogP contribution in [0, 0.1) is 0 Å². The minimum absolute atomic E-state index is 0.334. The molecule has 0 radical (unpaired) electrons. The molecule has 124 valence electrons. The third kappa shape index (κ3) is 12.0. The third-order valence-electron chi connectivity index (χ3n) is 2.75. The molecule has 0 aliphatic rings. The number of carbonyl (C=O) groups is 1. The Bertz CT molecular complexity index is 324. The number of unbranched alkanes of at least 4 members (excludes halogenated alkanes) is 3. The molecule has 6 nitrogen and oxygen atoms in total. The number of nitrogens with one attached hydrogen (secondary N) is 1. The lowest BCUT2D eigenvalue weighted by Gasteiger charge is -2.24. The molecule has 0 saturated heterocycles. The number of hydrogen-bond donors (Lipinski definition) is 2. The summed E-state index contributed by atoms with van der Waals surface area (Å²) < 4.78 is 5.26. The van der Waals surface area contributed by atoms with E-state index in [2.05, 4.69) is 17.2 Å². The van der Waals surface area contributed by atoms with Crippen LogP contribution in [-0.4, -0.2) is 49.2 Å². The summed E-state index contributed by atoms with van der Waals surface area (Å²) in [4.78, 5) is 17.5. The molecule has 0 aromatic rings. The molecular formula is C15H32N4O2. The van der Waals surface area contributed by atoms with Crippen molar-refractivity contribution in [1.82, 2.24) is 10.2 Å². The second kappa shape index (κ2) is 10.3. The van der Waals surface area contributed by atoms with Crippen molar-refractivity contribution >= 4 is 12.1 Å². The highest BCUT2D eigenvalue weighted by Crippen LogP contribution is 2.08. The minimum Gasteiger partial charge on any atom is -0.444 e. The van der Waals surface area contributed by atoms with Crippen LogP contribution in [0.3, 0.4) is 0 Å². The van der Waals surface area contributed by atoms with Gasteiger partial charge in [0.25, 0.3) is 0 Å². The summed E-state index contributed by atoms with van der Waals surface area (Å²) in [5, 5.41) is 3.00. The van der Waals surface area contributed by atoms with E-state index < -0.39 is 5.60 Å². The first-order valence-corrected chi connectivity index (χ1v) is 7.74. The lowest BCUT2D eigenvalue weighted by molar-refractivity contribution is 0.0302. The van der Waals surface area contributed by atoms with Gasteiger partial charge in [-0.05, 0) is 27.2 Å². The number of guanidine groups is 1. The zero-order valence-electron chi connectivity index (χ0n) is 14.2. The van der Waals surface area contributed by atoms with Gasteiger partial charge in [0, 0.05) is 26.7 Å². The van der Waals surface area contributed by atoms with Gasteiger partial charge >= 0.3 is 6.09 Å². The lowest BCUT2D eigenvalue weighted by Crippen LogP contribution is -2.41. The Hall–Kier alpha value is -1.46. The number of rotatable bonds is 8. The van der Waals surface area contributed by atoms with Crippen LogP contribution in [-0.2, 0) is 4.74 Å². The Morgan fingerprint density at radius 3 is 2.52 bits per heavy atom. The fourth-order valence-electron chi connectivity index (χ4n) is 1.58. The zero-order chi connectivity index (χ0) is 16.3. The predicted molar refractivity (Wildman–Crippen MR) is 87.5 cm³/mol. The van der Waals surface area contributed by atoms with Gasteiger partial charge in [-0.1, -0.05) is 26.2 Å². The number of ether oxygens (including phenoxy) is 1. The maximum Gasteiger partial charge on any atom is 0.410 e. The molecular weight excluding hydrogens is 268 g/mol. The van der Waals surface area contributed by atoms with Gasteiger partial charge in [0.15, 0.2) is 5.96 Å². The first kappa shape index (κ1) is 19.5. The smallest absolute Gasteiger partial charge is 0.410 e. The number of amides is 1. The number of nitrogens with two attached hydrogens (primary N) is 1. The van der Waals surface area contributed by atoms with Gasteiger partial charge in [-0.15, -0.1) is 0 Å². The van der Waals surface area contributed by atoms with Gasteiger partial charge in [-0.25, -0.2) is 4.79 Å². The summed E-state index contributed by atoms with van der Waals surface area (Å²) in [5.74, 6) is 0.434. The maximum absolute atomic E-state index is 11.7. The van der Waals surface area contributed by atoms with Crippen LogP contribution in [0.1, 0.15) is 53.4 Å². The van der Waals surface area contributed by atoms with Gasteiger partial charge in [0.2, 0.25) is 0 Å². The Balaban J connectivity index is 3.81. The SMILES string of the molecule is CCCCCCN=C(N)NCCN(C)C(=O)OC(C)(C)C. The Labute approximate surface area is 129 Å². The average molecular weight is 300 g/mol. The standard InChI is InChI=1S/C15H32N4O2/c1-6-7-8-9-10-17-13(16)18-11-12-19(5)14(20)21-15(2,3)4/h6-12H2,1-5H3,(H3,16,17,18). The van der Waals surface area contributed by atoms with Gasteiger partial charge in [0.1, 0.15) is 5.60 Å². The van der Waals surface area contributed by atoms with E-state index in [9.17, 15) is 4.79 Å². The molecule has 0 bridgehead atoms. The van der Waals surface area contributed by atoms with Crippen molar-refractivity contribution in [2.24, 2.45) is 10.7 Å². The van der Waals surface area contributed by atoms with Crippen molar-refractivity contribution in [2.75, 3.05) is 26.7 Å². The van der Waals surface area contributed by atoms with E-state index in [1.165, 1.54) is 24.2 Å². The van der Waals surface area contributed by atoms with Crippen LogP contribution in [0.2, 0.25) is 0 Å². The second-order valence-corrected chi connectivity index (χ2v) is 6.16. The topological polar surface area (TPSA) is 80.0 Å². The zero-order valence-corrected chi connectivity index (χ0v) is 14.2. The fourth-order valence-corrected chi connectivity index (χ4v) is 1.58. The number of likely N-dealkylation sites (N-methyl/N-ethyl adjacent to an activating group) is 1. The van der Waals surface area contributed by atoms with E-state index in [1.54, 1.807) is 7.05 Å². The van der Waals surface area contributed by atoms with E-state index in [0.717, 1.165) is 13.0 Å². The highest BCUT2D eigenvalue weighted by molar-refractivity contribution is 5.77. The monoisotopic (exact) mass is 300 g/mol. The summed E-state index contributed by atoms with van der Waals surface area (Å²) in [6.07, 6.45) is 4.38. The number of carbonyl (C=O) groups excluding carboxylic acids is 1. The number of aliphatic imine (C=N–C) groups is 1. The number of nitrogens with zero attached hydrogens (tertiary/aromatic N) is 2. The van der Waals surface area contributed by atoms with Crippen molar-refractivity contribution in [3.8, 4) is 0 Å². The summed E-state index contributed by atoms with van der Waals surface area (Å²) in [6, 6.07) is 0. The van der Waals surface area contributed by atoms with Crippen LogP contribution in [0.15, 0.2) is 4.99 Å². The molecule has 21 heavy (non-hydrogen) atoms. The van der Waals surface area contributed by atoms with E-state index >= 15 is 0 Å². The summed E-state index contributed by atoms with van der Waals surface area (Å²) in [6.45, 7) is 9.54. The molecule has 0 saturated carbocycles. The van der Waals surface area contributed by atoms with E-state index in [1.807, 2.05) is 20.8 Å². The highest BCUT2D eigenvalue weighted by Gasteiger charge is 2.19. The molecule has 6 heteroatoms. The first-order chi connectivity index (χ1) is 9.76. The molecule has 0 spiro atoms. The summed E-state index contributed by atoms with van der Waals surface area (Å²) in [7, 11) is 1.70. The average Bonchev–Trinajstić information content (AvgIpc) is 2.36. The minimum atomic E-state index is -0.474. The molecule has 0 aliphatic carbocycles. The highest BCUT2D eigenvalue weighted by atomic mass is 16.6. The van der Waals surface area contributed by atoms with Crippen molar-refractivity contribution in [1.29, 1.82) is 0 Å². The predicted octanol–water partition coefficient (Wildman–Crippen LogP) is 2.34. The van der Waals surface area contributed by atoms with Crippen LogP contribution >= 0.6 is 0 Å². The van der Waals surface area contributed by atoms with Crippen LogP contribution in [0.25, 0.3) is 0 Å². The number of hydrogen-bond acceptors (Lipinski definition) is 3. The van der Waals surface area contributed by atoms with E-state index in [0.29, 0.717) is 19.0 Å². The van der Waals surface area contributed by atoms with Crippen molar-refractivity contribution in [3.63, 3.8) is 0 Å². The Morgan fingerprint density at radius 2 is 1.95 bits per heavy atom. The van der Waals surface area contributed by atoms with E-state index in [4.69, 9.17) is 10.5 Å². The van der Waals surface area contributed by atoms with Crippen LogP contribution in [0.5, 0.6) is 0 Å². The molecule has 0 atom stereocenters. The van der Waals surface area contributed by atoms with Gasteiger partial charge < -0.3 is 20.7 Å². The molecule has 3 N–H and O–H groups in total. The molecule has 0 aliphatic heterocycles. The first-order valence-electron chi connectivity index (χ1n) is 7.74. The van der Waals surface area contributed by atoms with Crippen molar-refractivity contribution in [2.45, 2.75) is 59.0 Å². The van der Waals surface area contributed by atoms with Crippen LogP contribution < -0.4 is 11.1 Å². The van der Waals surface area contributed by atoms with Gasteiger partial charge in [-0.3, -0.25) is 4.99 Å². The maximum atomic E-state index is 11.7. The molecule has 0 unspecified atom stereocenters. The normalized spacial score (nSPS) is 12.1. The summed E-state index contributed by atoms with van der Waals surface area (Å²) in [5.41, 5.74) is 5.28. The summed E-state index contributed by atoms with van der Waals surface area (Å²) >= 11 is 0. The fraction of sp³-hybridized carbons (Fsp3) is 0.867. The molecule has 0 heterocycles. The molecule has 0 fully saturated rings. The molecule has 0 rings (SSSR count). The Kier molecular flexibility index (Phi) is 9.58. The lowest BCUT2D eigenvalue weighted by atomic mass is 10.2. The second-order valence-electron chi connectivity index (χ2n) is 6.16. The molecule has 1 amide bonds. The largest absolute Gasteiger partial charge is 0.444 e. The Morgan fingerprint density at radius 1 is 1.29 bits per heavy atom. The van der Waals surface area contributed by atoms with Gasteiger partial charge in [0.05, 0.1) is 0 Å². The van der Waals surface area contributed by atoms with Gasteiger partial charge in [-0.2, -0.15) is 0 Å². The molecule has 0 aromatic heterocycles. The molecule has 0 aromatic carbocycles. The third-order valence-corrected chi connectivity index (χ3v) is 2.75. The van der Waals surface area contributed by atoms with Crippen LogP contribution in [0.4, 0.5) is 4.79 Å².